The van der Waals surface area contributed by atoms with Gasteiger partial charge in [0.2, 0.25) is 0 Å². The quantitative estimate of drug-likeness (QED) is 0.643. The molecule has 0 bridgehead atoms. The molecule has 0 aromatic heterocycles. The van der Waals surface area contributed by atoms with E-state index < -0.39 is 18.2 Å². The first-order chi connectivity index (χ1) is 6.06. The Labute approximate surface area is 77.1 Å². The van der Waals surface area contributed by atoms with Gasteiger partial charge in [0.05, 0.1) is 12.5 Å². The maximum Gasteiger partial charge on any atom is 0.305 e. The van der Waals surface area contributed by atoms with Crippen LogP contribution in [0.3, 0.4) is 0 Å². The van der Waals surface area contributed by atoms with E-state index >= 15 is 0 Å². The molecule has 0 fully saturated rings. The summed E-state index contributed by atoms with van der Waals surface area (Å²) in [6.45, 7) is 1.73. The van der Waals surface area contributed by atoms with Crippen molar-refractivity contribution in [2.24, 2.45) is 5.73 Å². The summed E-state index contributed by atoms with van der Waals surface area (Å²) in [6.07, 6.45) is -0.590. The van der Waals surface area contributed by atoms with Crippen molar-refractivity contribution in [2.45, 2.75) is 38.4 Å². The number of rotatable bonds is 4. The molecule has 0 heterocycles. The van der Waals surface area contributed by atoms with E-state index in [-0.39, 0.29) is 12.8 Å². The van der Waals surface area contributed by atoms with Crippen molar-refractivity contribution in [3.8, 4) is 11.8 Å². The van der Waals surface area contributed by atoms with Gasteiger partial charge in [-0.25, -0.2) is 4.39 Å². The van der Waals surface area contributed by atoms with Crippen LogP contribution in [0.1, 0.15) is 26.2 Å². The molecule has 74 valence electrons. The second-order valence-electron chi connectivity index (χ2n) is 2.74. The van der Waals surface area contributed by atoms with Gasteiger partial charge >= 0.3 is 5.97 Å². The minimum Gasteiger partial charge on any atom is -0.481 e. The van der Waals surface area contributed by atoms with Crippen LogP contribution in [0, 0.1) is 11.8 Å². The molecule has 0 aliphatic heterocycles. The molecule has 0 spiro atoms. The number of carbonyl (C=O) groups is 1. The lowest BCUT2D eigenvalue weighted by atomic mass is 10.2. The first kappa shape index (κ1) is 11.9. The van der Waals surface area contributed by atoms with Gasteiger partial charge in [-0.3, -0.25) is 4.79 Å². The Kier molecular flexibility index (Phi) is 5.90. The predicted octanol–water partition coefficient (Wildman–Crippen LogP) is 0.930. The molecule has 0 aliphatic carbocycles. The van der Waals surface area contributed by atoms with Gasteiger partial charge in [0.1, 0.15) is 6.17 Å². The molecule has 0 amide bonds. The molecule has 0 saturated heterocycles. The monoisotopic (exact) mass is 187 g/mol. The van der Waals surface area contributed by atoms with E-state index in [1.54, 1.807) is 6.92 Å². The lowest BCUT2D eigenvalue weighted by molar-refractivity contribution is -0.137. The Morgan fingerprint density at radius 3 is 2.77 bits per heavy atom. The maximum absolute atomic E-state index is 12.6. The Hall–Kier alpha value is -1.08. The van der Waals surface area contributed by atoms with E-state index in [0.29, 0.717) is 6.42 Å². The average Bonchev–Trinajstić information content (AvgIpc) is 2.02. The number of nitrogens with two attached hydrogens (primary N) is 1. The van der Waals surface area contributed by atoms with E-state index in [4.69, 9.17) is 10.8 Å². The van der Waals surface area contributed by atoms with Crippen molar-refractivity contribution in [3.63, 3.8) is 0 Å². The lowest BCUT2D eigenvalue weighted by Gasteiger charge is -1.99. The lowest BCUT2D eigenvalue weighted by Crippen LogP contribution is -2.21. The van der Waals surface area contributed by atoms with Gasteiger partial charge in [-0.1, -0.05) is 18.8 Å². The van der Waals surface area contributed by atoms with Crippen LogP contribution < -0.4 is 5.73 Å². The Balaban J connectivity index is 3.75. The topological polar surface area (TPSA) is 63.3 Å². The first-order valence-electron chi connectivity index (χ1n) is 4.16. The number of hydrogen-bond acceptors (Lipinski definition) is 2. The summed E-state index contributed by atoms with van der Waals surface area (Å²) in [5, 5.41) is 8.32. The molecule has 4 heteroatoms. The molecular weight excluding hydrogens is 173 g/mol. The zero-order chi connectivity index (χ0) is 10.3. The fourth-order valence-corrected chi connectivity index (χ4v) is 0.684. The van der Waals surface area contributed by atoms with Gasteiger partial charge in [-0.2, -0.15) is 0 Å². The van der Waals surface area contributed by atoms with Crippen molar-refractivity contribution in [2.75, 3.05) is 0 Å². The first-order valence-corrected chi connectivity index (χ1v) is 4.16. The van der Waals surface area contributed by atoms with Crippen LogP contribution in [0.2, 0.25) is 0 Å². The van der Waals surface area contributed by atoms with Crippen molar-refractivity contribution >= 4 is 5.97 Å². The highest BCUT2D eigenvalue weighted by Gasteiger charge is 2.04. The summed E-state index contributed by atoms with van der Waals surface area (Å²) in [5.74, 6) is 4.02. The average molecular weight is 187 g/mol. The van der Waals surface area contributed by atoms with E-state index in [9.17, 15) is 9.18 Å². The molecule has 2 atom stereocenters. The third kappa shape index (κ3) is 7.29. The van der Waals surface area contributed by atoms with Crippen molar-refractivity contribution in [1.29, 1.82) is 0 Å². The number of carboxylic acid groups (broad SMARTS) is 1. The molecule has 0 saturated carbocycles. The SMILES string of the molecule is CCC(F)CC#CC(N)CC(=O)O. The van der Waals surface area contributed by atoms with Crippen molar-refractivity contribution in [3.05, 3.63) is 0 Å². The number of carboxylic acids is 1. The van der Waals surface area contributed by atoms with Gasteiger partial charge in [-0.15, -0.1) is 0 Å². The molecule has 0 radical (unpaired) electrons. The summed E-state index contributed by atoms with van der Waals surface area (Å²) in [5.41, 5.74) is 5.33. The van der Waals surface area contributed by atoms with Crippen LogP contribution >= 0.6 is 0 Å². The molecule has 0 aromatic carbocycles. The minimum atomic E-state index is -0.992. The van der Waals surface area contributed by atoms with Gasteiger partial charge < -0.3 is 10.8 Å². The van der Waals surface area contributed by atoms with Gasteiger partial charge in [0.25, 0.3) is 0 Å². The van der Waals surface area contributed by atoms with Crippen molar-refractivity contribution < 1.29 is 14.3 Å². The second-order valence-corrected chi connectivity index (χ2v) is 2.74. The summed E-state index contributed by atoms with van der Waals surface area (Å²) in [7, 11) is 0. The summed E-state index contributed by atoms with van der Waals surface area (Å²) >= 11 is 0. The van der Waals surface area contributed by atoms with Gasteiger partial charge in [0.15, 0.2) is 0 Å². The highest BCUT2D eigenvalue weighted by atomic mass is 19.1. The van der Waals surface area contributed by atoms with Crippen LogP contribution in [-0.2, 0) is 4.79 Å². The fraction of sp³-hybridized carbons (Fsp3) is 0.667. The summed E-state index contributed by atoms with van der Waals surface area (Å²) < 4.78 is 12.6. The third-order valence-electron chi connectivity index (χ3n) is 1.45. The minimum absolute atomic E-state index is 0.129. The molecule has 2 unspecified atom stereocenters. The Bertz CT molecular complexity index is 219. The van der Waals surface area contributed by atoms with Crippen LogP contribution in [0.25, 0.3) is 0 Å². The number of aliphatic carboxylic acids is 1. The van der Waals surface area contributed by atoms with E-state index in [1.165, 1.54) is 0 Å². The third-order valence-corrected chi connectivity index (χ3v) is 1.45. The smallest absolute Gasteiger partial charge is 0.305 e. The molecule has 0 rings (SSSR count). The van der Waals surface area contributed by atoms with Gasteiger partial charge in [-0.05, 0) is 6.42 Å². The molecule has 13 heavy (non-hydrogen) atoms. The molecule has 0 aliphatic rings. The zero-order valence-electron chi connectivity index (χ0n) is 7.59. The van der Waals surface area contributed by atoms with Crippen LogP contribution in [0.5, 0.6) is 0 Å². The molecule has 3 nitrogen and oxygen atoms in total. The largest absolute Gasteiger partial charge is 0.481 e. The van der Waals surface area contributed by atoms with Crippen LogP contribution in [0.4, 0.5) is 4.39 Å². The Morgan fingerprint density at radius 2 is 2.31 bits per heavy atom. The normalized spacial score (nSPS) is 14.1. The van der Waals surface area contributed by atoms with Crippen molar-refractivity contribution in [1.82, 2.24) is 0 Å². The maximum atomic E-state index is 12.6. The van der Waals surface area contributed by atoms with Crippen LogP contribution in [0.15, 0.2) is 0 Å². The molecule has 3 N–H and O–H groups in total. The fourth-order valence-electron chi connectivity index (χ4n) is 0.684. The highest BCUT2D eigenvalue weighted by Crippen LogP contribution is 2.00. The number of halogens is 1. The van der Waals surface area contributed by atoms with E-state index in [0.717, 1.165) is 0 Å². The zero-order valence-corrected chi connectivity index (χ0v) is 7.59. The van der Waals surface area contributed by atoms with Gasteiger partial charge in [0, 0.05) is 6.42 Å². The molecular formula is C9H14FNO2. The summed E-state index contributed by atoms with van der Waals surface area (Å²) in [6, 6.07) is -0.693. The molecule has 0 aromatic rings. The highest BCUT2D eigenvalue weighted by molar-refractivity contribution is 5.68. The van der Waals surface area contributed by atoms with E-state index in [1.807, 2.05) is 0 Å². The number of alkyl halides is 1. The Morgan fingerprint density at radius 1 is 1.69 bits per heavy atom. The predicted molar refractivity (Wildman–Crippen MR) is 47.8 cm³/mol. The number of hydrogen-bond donors (Lipinski definition) is 2. The van der Waals surface area contributed by atoms with Crippen LogP contribution in [-0.4, -0.2) is 23.3 Å². The van der Waals surface area contributed by atoms with E-state index in [2.05, 4.69) is 11.8 Å². The second kappa shape index (κ2) is 6.44. The summed E-state index contributed by atoms with van der Waals surface area (Å²) in [4.78, 5) is 10.1. The standard InChI is InChI=1S/C9H14FNO2/c1-2-7(10)4-3-5-8(11)6-9(12)13/h7-8H,2,4,6,11H2,1H3,(H,12,13).